The maximum absolute atomic E-state index is 6.55. The van der Waals surface area contributed by atoms with E-state index in [1.165, 1.54) is 41.8 Å². The van der Waals surface area contributed by atoms with Crippen molar-refractivity contribution in [2.75, 3.05) is 0 Å². The number of hydrogen-bond acceptors (Lipinski definition) is 3. The number of fused-ring (bicyclic) bond motifs is 9. The lowest BCUT2D eigenvalue weighted by molar-refractivity contribution is 0.623. The van der Waals surface area contributed by atoms with Crippen molar-refractivity contribution in [2.24, 2.45) is 0 Å². The Labute approximate surface area is 227 Å². The van der Waals surface area contributed by atoms with E-state index < -0.39 is 0 Å². The second kappa shape index (κ2) is 7.79. The van der Waals surface area contributed by atoms with Gasteiger partial charge in [-0.3, -0.25) is 0 Å². The van der Waals surface area contributed by atoms with Crippen molar-refractivity contribution in [3.05, 3.63) is 121 Å². The summed E-state index contributed by atoms with van der Waals surface area (Å²) in [6.45, 7) is 0. The van der Waals surface area contributed by atoms with Crippen LogP contribution in [0, 0.1) is 0 Å². The molecular weight excluding hydrogens is 496 g/mol. The van der Waals surface area contributed by atoms with Crippen LogP contribution in [0.4, 0.5) is 0 Å². The second-order valence-corrected chi connectivity index (χ2v) is 11.1. The van der Waals surface area contributed by atoms with Crippen LogP contribution in [0.2, 0.25) is 0 Å². The zero-order valence-corrected chi connectivity index (χ0v) is 21.6. The molecule has 0 atom stereocenters. The second-order valence-electron chi connectivity index (χ2n) is 10.0. The molecule has 39 heavy (non-hydrogen) atoms. The summed E-state index contributed by atoms with van der Waals surface area (Å²) in [5.41, 5.74) is 6.23. The Morgan fingerprint density at radius 2 is 1.36 bits per heavy atom. The van der Waals surface area contributed by atoms with Crippen molar-refractivity contribution in [1.82, 2.24) is 9.55 Å². The van der Waals surface area contributed by atoms with Crippen molar-refractivity contribution in [2.45, 2.75) is 0 Å². The van der Waals surface area contributed by atoms with Crippen LogP contribution in [0.5, 0.6) is 0 Å². The van der Waals surface area contributed by atoms with E-state index in [-0.39, 0.29) is 0 Å². The summed E-state index contributed by atoms with van der Waals surface area (Å²) < 4.78 is 11.4. The standard InChI is InChI=1S/C35H20N2OS/c1-2-10-24(11-3-1)37-29-16-14-23(19-26(29)27-18-21-8-4-5-9-22(21)20-30(27)37)35-36-28-15-17-32-33(34(28)38-35)25-12-6-7-13-31(25)39-32/h1-20H. The molecule has 6 aromatic carbocycles. The summed E-state index contributed by atoms with van der Waals surface area (Å²) in [7, 11) is 0. The highest BCUT2D eigenvalue weighted by molar-refractivity contribution is 7.26. The van der Waals surface area contributed by atoms with Crippen molar-refractivity contribution >= 4 is 75.2 Å². The van der Waals surface area contributed by atoms with Gasteiger partial charge in [-0.25, -0.2) is 4.98 Å². The predicted octanol–water partition coefficient (Wildman–Crippen LogP) is 10.1. The summed E-state index contributed by atoms with van der Waals surface area (Å²) in [5.74, 6) is 0.649. The quantitative estimate of drug-likeness (QED) is 0.229. The number of aromatic nitrogens is 2. The van der Waals surface area contributed by atoms with Crippen LogP contribution in [0.1, 0.15) is 0 Å². The molecule has 3 heterocycles. The summed E-state index contributed by atoms with van der Waals surface area (Å²) in [4.78, 5) is 4.95. The van der Waals surface area contributed by atoms with E-state index in [9.17, 15) is 0 Å². The van der Waals surface area contributed by atoms with Crippen LogP contribution >= 0.6 is 11.3 Å². The number of nitrogens with zero attached hydrogens (tertiary/aromatic N) is 2. The number of para-hydroxylation sites is 1. The fourth-order valence-electron chi connectivity index (χ4n) is 6.01. The van der Waals surface area contributed by atoms with Gasteiger partial charge in [0.15, 0.2) is 5.58 Å². The minimum Gasteiger partial charge on any atom is -0.435 e. The Balaban J connectivity index is 1.33. The number of benzene rings is 6. The van der Waals surface area contributed by atoms with Crippen LogP contribution in [0.25, 0.3) is 81.0 Å². The van der Waals surface area contributed by atoms with Gasteiger partial charge in [-0.15, -0.1) is 11.3 Å². The van der Waals surface area contributed by atoms with Gasteiger partial charge < -0.3 is 8.98 Å². The summed E-state index contributed by atoms with van der Waals surface area (Å²) in [6, 6.07) is 43.1. The van der Waals surface area contributed by atoms with E-state index in [2.05, 4.69) is 126 Å². The highest BCUT2D eigenvalue weighted by Gasteiger charge is 2.18. The van der Waals surface area contributed by atoms with Crippen molar-refractivity contribution in [1.29, 1.82) is 0 Å². The van der Waals surface area contributed by atoms with Gasteiger partial charge in [-0.05, 0) is 71.4 Å². The first-order chi connectivity index (χ1) is 19.3. The van der Waals surface area contributed by atoms with Gasteiger partial charge in [0.05, 0.1) is 11.0 Å². The van der Waals surface area contributed by atoms with E-state index in [1.807, 2.05) is 0 Å². The van der Waals surface area contributed by atoms with Crippen LogP contribution in [0.3, 0.4) is 0 Å². The lowest BCUT2D eigenvalue weighted by atomic mass is 10.0. The third-order valence-electron chi connectivity index (χ3n) is 7.79. The van der Waals surface area contributed by atoms with Crippen molar-refractivity contribution in [3.63, 3.8) is 0 Å². The Kier molecular flexibility index (Phi) is 4.21. The number of thiophene rings is 1. The van der Waals surface area contributed by atoms with Crippen LogP contribution in [0.15, 0.2) is 126 Å². The molecule has 3 nitrogen and oxygen atoms in total. The minimum atomic E-state index is 0.649. The topological polar surface area (TPSA) is 31.0 Å². The fourth-order valence-corrected chi connectivity index (χ4v) is 7.12. The molecule has 4 heteroatoms. The van der Waals surface area contributed by atoms with Gasteiger partial charge in [0.2, 0.25) is 5.89 Å². The first kappa shape index (κ1) is 21.1. The maximum atomic E-state index is 6.55. The molecular formula is C35H20N2OS. The molecule has 0 amide bonds. The predicted molar refractivity (Wildman–Crippen MR) is 164 cm³/mol. The van der Waals surface area contributed by atoms with Gasteiger partial charge >= 0.3 is 0 Å². The van der Waals surface area contributed by atoms with E-state index in [1.54, 1.807) is 11.3 Å². The van der Waals surface area contributed by atoms with Gasteiger partial charge in [0, 0.05) is 42.2 Å². The van der Waals surface area contributed by atoms with E-state index in [4.69, 9.17) is 9.40 Å². The Hall–Kier alpha value is -4.93. The molecule has 182 valence electrons. The summed E-state index contributed by atoms with van der Waals surface area (Å²) >= 11 is 1.80. The highest BCUT2D eigenvalue weighted by atomic mass is 32.1. The summed E-state index contributed by atoms with van der Waals surface area (Å²) in [6.07, 6.45) is 0. The highest BCUT2D eigenvalue weighted by Crippen LogP contribution is 2.41. The molecule has 0 N–H and O–H groups in total. The molecule has 0 saturated carbocycles. The summed E-state index contributed by atoms with van der Waals surface area (Å²) in [5, 5.41) is 7.24. The minimum absolute atomic E-state index is 0.649. The average molecular weight is 517 g/mol. The number of oxazole rings is 1. The number of hydrogen-bond donors (Lipinski definition) is 0. The molecule has 0 radical (unpaired) electrons. The third-order valence-corrected chi connectivity index (χ3v) is 8.93. The van der Waals surface area contributed by atoms with Crippen LogP contribution in [-0.4, -0.2) is 9.55 Å². The molecule has 9 aromatic rings. The van der Waals surface area contributed by atoms with Gasteiger partial charge in [0.1, 0.15) is 5.52 Å². The molecule has 0 unspecified atom stereocenters. The smallest absolute Gasteiger partial charge is 0.227 e. The normalized spacial score (nSPS) is 12.1. The molecule has 0 aliphatic carbocycles. The van der Waals surface area contributed by atoms with Gasteiger partial charge in [0.25, 0.3) is 0 Å². The molecule has 0 aliphatic heterocycles. The first-order valence-electron chi connectivity index (χ1n) is 13.1. The largest absolute Gasteiger partial charge is 0.435 e. The number of rotatable bonds is 2. The molecule has 0 fully saturated rings. The SMILES string of the molecule is c1ccc(-n2c3ccc(-c4nc5ccc6sc7ccccc7c6c5o4)cc3c3cc4ccccc4cc32)cc1. The molecule has 3 aromatic heterocycles. The molecule has 0 aliphatic rings. The monoisotopic (exact) mass is 516 g/mol. The molecule has 9 rings (SSSR count). The van der Waals surface area contributed by atoms with Gasteiger partial charge in [-0.1, -0.05) is 60.7 Å². The van der Waals surface area contributed by atoms with E-state index in [0.29, 0.717) is 5.89 Å². The average Bonchev–Trinajstić information content (AvgIpc) is 3.67. The Bertz CT molecular complexity index is 2390. The third kappa shape index (κ3) is 3.01. The van der Waals surface area contributed by atoms with Gasteiger partial charge in [-0.2, -0.15) is 0 Å². The van der Waals surface area contributed by atoms with E-state index >= 15 is 0 Å². The fraction of sp³-hybridized carbons (Fsp3) is 0. The molecule has 0 spiro atoms. The van der Waals surface area contributed by atoms with Crippen LogP contribution in [-0.2, 0) is 0 Å². The molecule has 0 saturated heterocycles. The Morgan fingerprint density at radius 3 is 2.26 bits per heavy atom. The van der Waals surface area contributed by atoms with Crippen molar-refractivity contribution < 1.29 is 4.42 Å². The van der Waals surface area contributed by atoms with Crippen LogP contribution < -0.4 is 0 Å². The lowest BCUT2D eigenvalue weighted by Crippen LogP contribution is -1.93. The zero-order valence-electron chi connectivity index (χ0n) is 20.8. The van der Waals surface area contributed by atoms with Crippen molar-refractivity contribution in [3.8, 4) is 17.1 Å². The Morgan fingerprint density at radius 1 is 0.590 bits per heavy atom. The van der Waals surface area contributed by atoms with E-state index in [0.717, 1.165) is 33.3 Å². The first-order valence-corrected chi connectivity index (χ1v) is 13.9. The molecule has 0 bridgehead atoms. The lowest BCUT2D eigenvalue weighted by Gasteiger charge is -2.08. The zero-order chi connectivity index (χ0) is 25.5. The maximum Gasteiger partial charge on any atom is 0.227 e.